The van der Waals surface area contributed by atoms with Crippen molar-refractivity contribution in [1.82, 2.24) is 14.8 Å². The van der Waals surface area contributed by atoms with E-state index < -0.39 is 0 Å². The molecule has 0 radical (unpaired) electrons. The van der Waals surface area contributed by atoms with Crippen molar-refractivity contribution in [3.63, 3.8) is 0 Å². The number of hydrogen-bond donors (Lipinski definition) is 0. The zero-order valence-corrected chi connectivity index (χ0v) is 5.94. The summed E-state index contributed by atoms with van der Waals surface area (Å²) in [5.41, 5.74) is 0. The van der Waals surface area contributed by atoms with Crippen LogP contribution in [-0.2, 0) is 0 Å². The Balaban J connectivity index is 2.91. The van der Waals surface area contributed by atoms with Crippen molar-refractivity contribution in [3.05, 3.63) is 17.7 Å². The summed E-state index contributed by atoms with van der Waals surface area (Å²) in [6.07, 6.45) is 1.57. The average molecular weight is 136 g/mol. The first-order valence-electron chi connectivity index (χ1n) is 3.02. The van der Waals surface area contributed by atoms with Crippen LogP contribution in [0, 0.1) is 6.57 Å². The third-order valence-electron chi connectivity index (χ3n) is 1.13. The molecule has 1 rings (SSSR count). The molecule has 0 fully saturated rings. The Kier molecular flexibility index (Phi) is 1.67. The molecule has 1 heterocycles. The Morgan fingerprint density at radius 2 is 2.40 bits per heavy atom. The minimum atomic E-state index is 0.216. The van der Waals surface area contributed by atoms with E-state index in [9.17, 15) is 0 Å². The number of aromatic nitrogens is 3. The van der Waals surface area contributed by atoms with Gasteiger partial charge in [-0.1, -0.05) is 5.10 Å². The fraction of sp³-hybridized carbons (Fsp3) is 0.500. The second-order valence-corrected chi connectivity index (χ2v) is 2.23. The van der Waals surface area contributed by atoms with Gasteiger partial charge in [-0.2, -0.15) is 4.68 Å². The molecule has 0 unspecified atom stereocenters. The van der Waals surface area contributed by atoms with Crippen LogP contribution in [-0.4, -0.2) is 14.8 Å². The van der Waals surface area contributed by atoms with Crippen LogP contribution in [0.2, 0.25) is 0 Å². The first-order chi connectivity index (χ1) is 4.74. The predicted octanol–water partition coefficient (Wildman–Crippen LogP) is 1.41. The number of rotatable bonds is 1. The summed E-state index contributed by atoms with van der Waals surface area (Å²) in [7, 11) is 0. The summed E-state index contributed by atoms with van der Waals surface area (Å²) < 4.78 is 1.66. The lowest BCUT2D eigenvalue weighted by atomic mass is 10.4. The first kappa shape index (κ1) is 6.75. The zero-order valence-electron chi connectivity index (χ0n) is 5.94. The molecular weight excluding hydrogens is 128 g/mol. The minimum absolute atomic E-state index is 0.216. The van der Waals surface area contributed by atoms with Crippen LogP contribution in [0.5, 0.6) is 0 Å². The van der Waals surface area contributed by atoms with Gasteiger partial charge in [-0.3, -0.25) is 0 Å². The van der Waals surface area contributed by atoms with Crippen LogP contribution in [0.3, 0.4) is 0 Å². The minimum Gasteiger partial charge on any atom is -0.393 e. The topological polar surface area (TPSA) is 35.1 Å². The Morgan fingerprint density at radius 1 is 1.70 bits per heavy atom. The van der Waals surface area contributed by atoms with Crippen molar-refractivity contribution in [2.45, 2.75) is 19.9 Å². The van der Waals surface area contributed by atoms with Gasteiger partial charge in [-0.15, -0.1) is 11.6 Å². The molecule has 0 aliphatic carbocycles. The molecule has 0 N–H and O–H groups in total. The molecule has 1 aromatic heterocycles. The molecule has 0 bridgehead atoms. The van der Waals surface area contributed by atoms with Crippen LogP contribution in [0.15, 0.2) is 6.33 Å². The summed E-state index contributed by atoms with van der Waals surface area (Å²) in [6, 6.07) is 0.281. The SMILES string of the molecule is [C-]#[N+]c1ncn(C(C)C)n1. The molecule has 0 aromatic carbocycles. The Hall–Kier alpha value is -1.37. The quantitative estimate of drug-likeness (QED) is 0.547. The van der Waals surface area contributed by atoms with Gasteiger partial charge in [0, 0.05) is 0 Å². The highest BCUT2D eigenvalue weighted by Crippen LogP contribution is 2.05. The smallest absolute Gasteiger partial charge is 0.393 e. The molecule has 10 heavy (non-hydrogen) atoms. The Morgan fingerprint density at radius 3 is 2.70 bits per heavy atom. The van der Waals surface area contributed by atoms with Crippen molar-refractivity contribution in [3.8, 4) is 0 Å². The highest BCUT2D eigenvalue weighted by Gasteiger charge is 2.03. The molecule has 0 saturated heterocycles. The third-order valence-corrected chi connectivity index (χ3v) is 1.13. The monoisotopic (exact) mass is 136 g/mol. The molecule has 0 spiro atoms. The van der Waals surface area contributed by atoms with Crippen molar-refractivity contribution < 1.29 is 0 Å². The van der Waals surface area contributed by atoms with E-state index in [1.807, 2.05) is 13.8 Å². The fourth-order valence-electron chi connectivity index (χ4n) is 0.566. The average Bonchev–Trinajstić information content (AvgIpc) is 2.34. The van der Waals surface area contributed by atoms with Gasteiger partial charge in [0.05, 0.1) is 6.04 Å². The molecule has 0 saturated carbocycles. The lowest BCUT2D eigenvalue weighted by molar-refractivity contribution is 0.533. The van der Waals surface area contributed by atoms with Gasteiger partial charge in [0.25, 0.3) is 0 Å². The molecule has 52 valence electrons. The second kappa shape index (κ2) is 2.48. The van der Waals surface area contributed by atoms with Crippen molar-refractivity contribution in [2.75, 3.05) is 0 Å². The maximum atomic E-state index is 6.58. The maximum Gasteiger partial charge on any atom is 0.393 e. The lowest BCUT2D eigenvalue weighted by Gasteiger charge is -1.96. The van der Waals surface area contributed by atoms with Gasteiger partial charge in [0.15, 0.2) is 6.33 Å². The molecule has 1 aromatic rings. The van der Waals surface area contributed by atoms with E-state index in [-0.39, 0.29) is 12.0 Å². The molecule has 4 nitrogen and oxygen atoms in total. The molecule has 0 amide bonds. The van der Waals surface area contributed by atoms with Gasteiger partial charge in [0.1, 0.15) is 0 Å². The van der Waals surface area contributed by atoms with Crippen LogP contribution in [0.25, 0.3) is 4.85 Å². The fourth-order valence-corrected chi connectivity index (χ4v) is 0.566. The third kappa shape index (κ3) is 1.13. The van der Waals surface area contributed by atoms with E-state index in [0.29, 0.717) is 0 Å². The van der Waals surface area contributed by atoms with E-state index >= 15 is 0 Å². The van der Waals surface area contributed by atoms with Gasteiger partial charge < -0.3 is 4.85 Å². The maximum absolute atomic E-state index is 6.58. The zero-order chi connectivity index (χ0) is 7.56. The van der Waals surface area contributed by atoms with Crippen molar-refractivity contribution >= 4 is 5.95 Å². The first-order valence-corrected chi connectivity index (χ1v) is 3.02. The number of nitrogens with zero attached hydrogens (tertiary/aromatic N) is 4. The van der Waals surface area contributed by atoms with Gasteiger partial charge in [-0.25, -0.2) is 0 Å². The largest absolute Gasteiger partial charge is 0.393 e. The van der Waals surface area contributed by atoms with Gasteiger partial charge in [-0.05, 0) is 13.8 Å². The van der Waals surface area contributed by atoms with Gasteiger partial charge in [0.2, 0.25) is 0 Å². The van der Waals surface area contributed by atoms with Crippen LogP contribution >= 0.6 is 0 Å². The summed E-state index contributed by atoms with van der Waals surface area (Å²) in [4.78, 5) is 6.83. The summed E-state index contributed by atoms with van der Waals surface area (Å²) in [6.45, 7) is 10.6. The van der Waals surface area contributed by atoms with E-state index in [2.05, 4.69) is 14.9 Å². The van der Waals surface area contributed by atoms with E-state index in [1.54, 1.807) is 11.0 Å². The van der Waals surface area contributed by atoms with Crippen LogP contribution in [0.4, 0.5) is 5.95 Å². The summed E-state index contributed by atoms with van der Waals surface area (Å²) in [5, 5.41) is 3.88. The predicted molar refractivity (Wildman–Crippen MR) is 36.7 cm³/mol. The van der Waals surface area contributed by atoms with Crippen LogP contribution < -0.4 is 0 Å². The standard InChI is InChI=1S/C6H8N4/c1-5(2)10-4-8-6(7-3)9-10/h4-5H,1-2H3. The van der Waals surface area contributed by atoms with Crippen molar-refractivity contribution in [2.24, 2.45) is 0 Å². The van der Waals surface area contributed by atoms with E-state index in [0.717, 1.165) is 0 Å². The Bertz CT molecular complexity index is 255. The molecular formula is C6H8N4. The molecule has 4 heteroatoms. The van der Waals surface area contributed by atoms with E-state index in [1.165, 1.54) is 0 Å². The summed E-state index contributed by atoms with van der Waals surface area (Å²) >= 11 is 0. The molecule has 0 atom stereocenters. The number of hydrogen-bond acceptors (Lipinski definition) is 2. The second-order valence-electron chi connectivity index (χ2n) is 2.23. The van der Waals surface area contributed by atoms with Gasteiger partial charge >= 0.3 is 5.95 Å². The highest BCUT2D eigenvalue weighted by molar-refractivity contribution is 5.20. The normalized spacial score (nSPS) is 9.80. The van der Waals surface area contributed by atoms with Crippen molar-refractivity contribution in [1.29, 1.82) is 0 Å². The molecule has 0 aliphatic rings. The summed E-state index contributed by atoms with van der Waals surface area (Å²) in [5.74, 6) is 0.216. The van der Waals surface area contributed by atoms with E-state index in [4.69, 9.17) is 6.57 Å². The highest BCUT2D eigenvalue weighted by atomic mass is 15.4. The molecule has 0 aliphatic heterocycles. The van der Waals surface area contributed by atoms with Crippen LogP contribution in [0.1, 0.15) is 19.9 Å². The Labute approximate surface area is 59.3 Å². The lowest BCUT2D eigenvalue weighted by Crippen LogP contribution is -1.99.